The Morgan fingerprint density at radius 1 is 1.07 bits per heavy atom. The average molecular weight is 412 g/mol. The minimum Gasteiger partial charge on any atom is -0.467 e. The molecule has 0 radical (unpaired) electrons. The van der Waals surface area contributed by atoms with Crippen LogP contribution in [0.25, 0.3) is 0 Å². The number of benzene rings is 1. The van der Waals surface area contributed by atoms with E-state index >= 15 is 0 Å². The Balaban J connectivity index is 1.68. The smallest absolute Gasteiger partial charge is 0.411 e. The summed E-state index contributed by atoms with van der Waals surface area (Å²) in [7, 11) is 1.58. The van der Waals surface area contributed by atoms with Crippen LogP contribution in [0.15, 0.2) is 52.1 Å². The van der Waals surface area contributed by atoms with Crippen molar-refractivity contribution in [3.8, 4) is 0 Å². The van der Waals surface area contributed by atoms with Gasteiger partial charge in [-0.25, -0.2) is 0 Å². The molecule has 2 rings (SSSR count). The molecule has 1 amide bonds. The average Bonchev–Trinajstić information content (AvgIpc) is 3.20. The minimum absolute atomic E-state index is 0.0376. The lowest BCUT2D eigenvalue weighted by molar-refractivity contribution is -0.176. The van der Waals surface area contributed by atoms with Gasteiger partial charge in [-0.2, -0.15) is 13.2 Å². The monoisotopic (exact) mass is 412 g/mol. The van der Waals surface area contributed by atoms with Crippen molar-refractivity contribution in [3.05, 3.63) is 59.5 Å². The summed E-state index contributed by atoms with van der Waals surface area (Å²) in [5, 5.41) is 8.66. The van der Waals surface area contributed by atoms with E-state index in [2.05, 4.69) is 25.7 Å². The number of nitrogens with one attached hydrogen (secondary N) is 3. The molecule has 0 aliphatic carbocycles. The number of hydrogen-bond donors (Lipinski definition) is 3. The van der Waals surface area contributed by atoms with Crippen LogP contribution in [-0.2, 0) is 29.2 Å². The highest BCUT2D eigenvalue weighted by atomic mass is 19.4. The van der Waals surface area contributed by atoms with Gasteiger partial charge in [0.1, 0.15) is 12.4 Å². The summed E-state index contributed by atoms with van der Waals surface area (Å²) in [5.41, 5.74) is 1.54. The maximum absolute atomic E-state index is 12.1. The summed E-state index contributed by atoms with van der Waals surface area (Å²) in [4.78, 5) is 15.9. The van der Waals surface area contributed by atoms with E-state index in [-0.39, 0.29) is 19.1 Å². The number of carbonyl (C=O) groups excluding carboxylic acids is 1. The SMILES string of the molecule is CN=C(NCC(=O)NCc1ccco1)NCc1ccc(COCC(F)(F)F)cc1. The largest absolute Gasteiger partial charge is 0.467 e. The summed E-state index contributed by atoms with van der Waals surface area (Å²) in [6.07, 6.45) is -2.80. The molecule has 0 atom stereocenters. The van der Waals surface area contributed by atoms with Gasteiger partial charge >= 0.3 is 6.18 Å². The van der Waals surface area contributed by atoms with Crippen molar-refractivity contribution < 1.29 is 27.1 Å². The van der Waals surface area contributed by atoms with Crippen LogP contribution in [0, 0.1) is 0 Å². The number of nitrogens with zero attached hydrogens (tertiary/aromatic N) is 1. The summed E-state index contributed by atoms with van der Waals surface area (Å²) in [6, 6.07) is 10.5. The summed E-state index contributed by atoms with van der Waals surface area (Å²) < 4.78 is 46.0. The number of furan rings is 1. The zero-order valence-electron chi connectivity index (χ0n) is 15.9. The molecular formula is C19H23F3N4O3. The number of amides is 1. The Morgan fingerprint density at radius 3 is 2.41 bits per heavy atom. The molecule has 3 N–H and O–H groups in total. The fourth-order valence-electron chi connectivity index (χ4n) is 2.27. The molecule has 0 saturated heterocycles. The maximum atomic E-state index is 12.1. The fraction of sp³-hybridized carbons (Fsp3) is 0.368. The fourth-order valence-corrected chi connectivity index (χ4v) is 2.27. The first kappa shape index (κ1) is 22.3. The van der Waals surface area contributed by atoms with Crippen molar-refractivity contribution >= 4 is 11.9 Å². The van der Waals surface area contributed by atoms with E-state index < -0.39 is 12.8 Å². The molecule has 7 nitrogen and oxygen atoms in total. The molecule has 1 aromatic heterocycles. The number of carbonyl (C=O) groups is 1. The quantitative estimate of drug-likeness (QED) is 0.435. The highest BCUT2D eigenvalue weighted by molar-refractivity contribution is 5.86. The van der Waals surface area contributed by atoms with Crippen molar-refractivity contribution in [2.45, 2.75) is 25.9 Å². The van der Waals surface area contributed by atoms with Gasteiger partial charge in [0.25, 0.3) is 0 Å². The van der Waals surface area contributed by atoms with E-state index in [1.54, 1.807) is 43.4 Å². The van der Waals surface area contributed by atoms with Crippen LogP contribution < -0.4 is 16.0 Å². The standard InChI is InChI=1S/C19H23F3N4O3/c1-23-18(26-11-17(27)24-10-16-3-2-8-29-16)25-9-14-4-6-15(7-5-14)12-28-13-19(20,21)22/h2-8H,9-13H2,1H3,(H,24,27)(H2,23,25,26). The van der Waals surface area contributed by atoms with Gasteiger partial charge < -0.3 is 25.1 Å². The number of rotatable bonds is 9. The van der Waals surface area contributed by atoms with Gasteiger partial charge in [0.15, 0.2) is 5.96 Å². The van der Waals surface area contributed by atoms with Crippen molar-refractivity contribution in [2.75, 3.05) is 20.2 Å². The molecule has 158 valence electrons. The zero-order valence-corrected chi connectivity index (χ0v) is 15.9. The molecule has 0 aliphatic rings. The number of alkyl halides is 3. The Kier molecular flexibility index (Phi) is 8.53. The number of guanidine groups is 1. The predicted molar refractivity (Wildman–Crippen MR) is 101 cm³/mol. The Bertz CT molecular complexity index is 775. The van der Waals surface area contributed by atoms with Gasteiger partial charge in [0.05, 0.1) is 26.0 Å². The van der Waals surface area contributed by atoms with Crippen molar-refractivity contribution in [3.63, 3.8) is 0 Å². The molecule has 0 aliphatic heterocycles. The van der Waals surface area contributed by atoms with Crippen molar-refractivity contribution in [1.82, 2.24) is 16.0 Å². The lowest BCUT2D eigenvalue weighted by Gasteiger charge is -2.12. The third-order valence-electron chi connectivity index (χ3n) is 3.70. The lowest BCUT2D eigenvalue weighted by atomic mass is 10.1. The third-order valence-corrected chi connectivity index (χ3v) is 3.70. The van der Waals surface area contributed by atoms with Gasteiger partial charge in [-0.15, -0.1) is 0 Å². The molecule has 0 unspecified atom stereocenters. The van der Waals surface area contributed by atoms with Gasteiger partial charge in [0.2, 0.25) is 5.91 Å². The topological polar surface area (TPSA) is 87.9 Å². The van der Waals surface area contributed by atoms with E-state index in [1.807, 2.05) is 0 Å². The van der Waals surface area contributed by atoms with Crippen molar-refractivity contribution in [2.24, 2.45) is 4.99 Å². The molecule has 1 aromatic carbocycles. The van der Waals surface area contributed by atoms with Gasteiger partial charge in [0, 0.05) is 13.6 Å². The van der Waals surface area contributed by atoms with Gasteiger partial charge in [-0.3, -0.25) is 9.79 Å². The molecule has 1 heterocycles. The summed E-state index contributed by atoms with van der Waals surface area (Å²) in [5.74, 6) is 0.886. The molecule has 0 bridgehead atoms. The highest BCUT2D eigenvalue weighted by Crippen LogP contribution is 2.15. The first-order valence-electron chi connectivity index (χ1n) is 8.81. The molecule has 0 fully saturated rings. The van der Waals surface area contributed by atoms with E-state index in [9.17, 15) is 18.0 Å². The minimum atomic E-state index is -4.33. The van der Waals surface area contributed by atoms with Crippen LogP contribution in [0.2, 0.25) is 0 Å². The van der Waals surface area contributed by atoms with Crippen LogP contribution in [0.1, 0.15) is 16.9 Å². The van der Waals surface area contributed by atoms with Crippen molar-refractivity contribution in [1.29, 1.82) is 0 Å². The molecule has 2 aromatic rings. The third kappa shape index (κ3) is 9.15. The predicted octanol–water partition coefficient (Wildman–Crippen LogP) is 2.34. The second-order valence-corrected chi connectivity index (χ2v) is 6.06. The molecule has 10 heteroatoms. The first-order valence-corrected chi connectivity index (χ1v) is 8.81. The van der Waals surface area contributed by atoms with Crippen LogP contribution in [0.3, 0.4) is 0 Å². The number of hydrogen-bond acceptors (Lipinski definition) is 4. The van der Waals surface area contributed by atoms with E-state index in [0.29, 0.717) is 30.4 Å². The number of halogens is 3. The number of aliphatic imine (C=N–C) groups is 1. The second kappa shape index (κ2) is 11.1. The van der Waals surface area contributed by atoms with Crippen LogP contribution in [-0.4, -0.2) is 38.2 Å². The van der Waals surface area contributed by atoms with E-state index in [0.717, 1.165) is 5.56 Å². The molecular weight excluding hydrogens is 389 g/mol. The first-order chi connectivity index (χ1) is 13.9. The zero-order chi connectivity index (χ0) is 21.1. The Labute approximate surface area is 166 Å². The molecule has 0 spiro atoms. The summed E-state index contributed by atoms with van der Waals surface area (Å²) >= 11 is 0. The normalized spacial score (nSPS) is 11.9. The molecule has 29 heavy (non-hydrogen) atoms. The van der Waals surface area contributed by atoms with Crippen LogP contribution >= 0.6 is 0 Å². The van der Waals surface area contributed by atoms with E-state index in [1.165, 1.54) is 6.26 Å². The lowest BCUT2D eigenvalue weighted by Crippen LogP contribution is -2.42. The van der Waals surface area contributed by atoms with Gasteiger partial charge in [-0.1, -0.05) is 24.3 Å². The second-order valence-electron chi connectivity index (χ2n) is 6.06. The summed E-state index contributed by atoms with van der Waals surface area (Å²) in [6.45, 7) is -0.608. The Morgan fingerprint density at radius 2 is 1.79 bits per heavy atom. The Hall–Kier alpha value is -3.01. The maximum Gasteiger partial charge on any atom is 0.411 e. The van der Waals surface area contributed by atoms with Crippen LogP contribution in [0.4, 0.5) is 13.2 Å². The van der Waals surface area contributed by atoms with E-state index in [4.69, 9.17) is 4.42 Å². The van der Waals surface area contributed by atoms with Gasteiger partial charge in [-0.05, 0) is 23.3 Å². The molecule has 0 saturated carbocycles. The highest BCUT2D eigenvalue weighted by Gasteiger charge is 2.27. The number of ether oxygens (including phenoxy) is 1. The van der Waals surface area contributed by atoms with Crippen LogP contribution in [0.5, 0.6) is 0 Å².